The Labute approximate surface area is 111 Å². The number of methoxy groups -OCH3 is 1. The van der Waals surface area contributed by atoms with Crippen LogP contribution in [0.3, 0.4) is 0 Å². The van der Waals surface area contributed by atoms with Crippen molar-refractivity contribution in [2.75, 3.05) is 7.11 Å². The molecule has 1 aromatic rings. The van der Waals surface area contributed by atoms with E-state index in [1.807, 2.05) is 0 Å². The van der Waals surface area contributed by atoms with Crippen molar-refractivity contribution in [1.29, 1.82) is 0 Å². The first-order valence-electron chi connectivity index (χ1n) is 5.74. The van der Waals surface area contributed by atoms with Crippen molar-refractivity contribution < 1.29 is 24.5 Å². The van der Waals surface area contributed by atoms with Gasteiger partial charge in [0.1, 0.15) is 11.6 Å². The van der Waals surface area contributed by atoms with Gasteiger partial charge in [0.2, 0.25) is 5.75 Å². The third-order valence-electron chi connectivity index (χ3n) is 2.30. The van der Waals surface area contributed by atoms with Gasteiger partial charge in [-0.1, -0.05) is 0 Å². The van der Waals surface area contributed by atoms with Gasteiger partial charge in [0.15, 0.2) is 11.5 Å². The molecule has 0 spiro atoms. The van der Waals surface area contributed by atoms with Crippen molar-refractivity contribution in [1.82, 2.24) is 0 Å². The number of phenols is 2. The van der Waals surface area contributed by atoms with Crippen LogP contribution in [-0.2, 0) is 9.53 Å². The van der Waals surface area contributed by atoms with Crippen molar-refractivity contribution in [2.24, 2.45) is 5.73 Å². The maximum absolute atomic E-state index is 11.8. The molecule has 0 fully saturated rings. The van der Waals surface area contributed by atoms with Gasteiger partial charge in [0.25, 0.3) is 0 Å². The number of aromatic hydroxyl groups is 2. The standard InChI is InChI=1S/C13H19NO5/c1-13(2,3)19-12(17)10(14)7-5-8(15)11(18-4)9(16)6-7/h5-6,10,15-16H,14H2,1-4H3/t10-/m1/s1. The van der Waals surface area contributed by atoms with E-state index in [0.717, 1.165) is 0 Å². The number of nitrogens with two attached hydrogens (primary N) is 1. The van der Waals surface area contributed by atoms with Crippen LogP contribution in [-0.4, -0.2) is 28.9 Å². The minimum atomic E-state index is -1.10. The van der Waals surface area contributed by atoms with E-state index in [1.165, 1.54) is 19.2 Å². The van der Waals surface area contributed by atoms with Crippen LogP contribution < -0.4 is 10.5 Å². The van der Waals surface area contributed by atoms with Gasteiger partial charge in [-0.3, -0.25) is 0 Å². The highest BCUT2D eigenvalue weighted by molar-refractivity contribution is 5.78. The predicted molar refractivity (Wildman–Crippen MR) is 69.1 cm³/mol. The second kappa shape index (κ2) is 5.36. The molecule has 0 aliphatic carbocycles. The molecule has 1 atom stereocenters. The number of benzene rings is 1. The van der Waals surface area contributed by atoms with Crippen LogP contribution in [0.1, 0.15) is 32.4 Å². The van der Waals surface area contributed by atoms with Crippen molar-refractivity contribution in [3.8, 4) is 17.2 Å². The summed E-state index contributed by atoms with van der Waals surface area (Å²) in [4.78, 5) is 11.8. The molecule has 106 valence electrons. The Morgan fingerprint density at radius 1 is 1.26 bits per heavy atom. The van der Waals surface area contributed by atoms with E-state index in [1.54, 1.807) is 20.8 Å². The van der Waals surface area contributed by atoms with Gasteiger partial charge < -0.3 is 25.4 Å². The van der Waals surface area contributed by atoms with E-state index in [-0.39, 0.29) is 22.8 Å². The highest BCUT2D eigenvalue weighted by Gasteiger charge is 2.25. The van der Waals surface area contributed by atoms with E-state index in [9.17, 15) is 15.0 Å². The Morgan fingerprint density at radius 2 is 1.74 bits per heavy atom. The van der Waals surface area contributed by atoms with Gasteiger partial charge in [-0.15, -0.1) is 0 Å². The summed E-state index contributed by atoms with van der Waals surface area (Å²) in [6, 6.07) is 1.42. The number of esters is 1. The summed E-state index contributed by atoms with van der Waals surface area (Å²) in [5.74, 6) is -1.30. The molecule has 6 heteroatoms. The van der Waals surface area contributed by atoms with Crippen LogP contribution >= 0.6 is 0 Å². The van der Waals surface area contributed by atoms with Gasteiger partial charge >= 0.3 is 5.97 Å². The molecule has 0 radical (unpaired) electrons. The van der Waals surface area contributed by atoms with E-state index in [0.29, 0.717) is 0 Å². The minimum Gasteiger partial charge on any atom is -0.504 e. The average molecular weight is 269 g/mol. The number of hydrogen-bond donors (Lipinski definition) is 3. The lowest BCUT2D eigenvalue weighted by Crippen LogP contribution is -2.31. The van der Waals surface area contributed by atoms with Crippen LogP contribution in [0.25, 0.3) is 0 Å². The van der Waals surface area contributed by atoms with E-state index in [2.05, 4.69) is 0 Å². The molecule has 0 heterocycles. The normalized spacial score (nSPS) is 12.9. The first-order chi connectivity index (χ1) is 8.65. The lowest BCUT2D eigenvalue weighted by atomic mass is 10.1. The zero-order valence-corrected chi connectivity index (χ0v) is 11.4. The van der Waals surface area contributed by atoms with Crippen molar-refractivity contribution in [3.05, 3.63) is 17.7 Å². The fraction of sp³-hybridized carbons (Fsp3) is 0.462. The Balaban J connectivity index is 3.01. The van der Waals surface area contributed by atoms with Crippen LogP contribution in [0.4, 0.5) is 0 Å². The number of phenolic OH excluding ortho intramolecular Hbond substituents is 2. The second-order valence-corrected chi connectivity index (χ2v) is 5.10. The first-order valence-corrected chi connectivity index (χ1v) is 5.74. The van der Waals surface area contributed by atoms with Crippen molar-refractivity contribution in [2.45, 2.75) is 32.4 Å². The topological polar surface area (TPSA) is 102 Å². The molecule has 4 N–H and O–H groups in total. The predicted octanol–water partition coefficient (Wildman–Crippen LogP) is 1.45. The smallest absolute Gasteiger partial charge is 0.328 e. The Kier molecular flexibility index (Phi) is 4.26. The largest absolute Gasteiger partial charge is 0.504 e. The SMILES string of the molecule is COc1c(O)cc([C@@H](N)C(=O)OC(C)(C)C)cc1O. The van der Waals surface area contributed by atoms with Crippen LogP contribution in [0.5, 0.6) is 17.2 Å². The second-order valence-electron chi connectivity index (χ2n) is 5.10. The highest BCUT2D eigenvalue weighted by Crippen LogP contribution is 2.38. The lowest BCUT2D eigenvalue weighted by Gasteiger charge is -2.22. The van der Waals surface area contributed by atoms with E-state index in [4.69, 9.17) is 15.2 Å². The molecular formula is C13H19NO5. The monoisotopic (exact) mass is 269 g/mol. The summed E-state index contributed by atoms with van der Waals surface area (Å²) < 4.78 is 9.93. The number of ether oxygens (including phenoxy) is 2. The quantitative estimate of drug-likeness (QED) is 0.718. The first kappa shape index (κ1) is 15.1. The van der Waals surface area contributed by atoms with Gasteiger partial charge in [-0.05, 0) is 38.5 Å². The summed E-state index contributed by atoms with van der Waals surface area (Å²) in [6.07, 6.45) is 0. The van der Waals surface area contributed by atoms with Crippen molar-refractivity contribution in [3.63, 3.8) is 0 Å². The summed E-state index contributed by atoms with van der Waals surface area (Å²) in [6.45, 7) is 5.17. The van der Waals surface area contributed by atoms with Gasteiger partial charge in [-0.25, -0.2) is 4.79 Å². The van der Waals surface area contributed by atoms with E-state index >= 15 is 0 Å². The summed E-state index contributed by atoms with van der Waals surface area (Å²) in [5, 5.41) is 19.3. The molecule has 0 saturated heterocycles. The molecule has 0 aliphatic heterocycles. The van der Waals surface area contributed by atoms with Crippen molar-refractivity contribution >= 4 is 5.97 Å². The number of rotatable bonds is 3. The Morgan fingerprint density at radius 3 is 2.11 bits per heavy atom. The zero-order valence-electron chi connectivity index (χ0n) is 11.4. The molecule has 0 bridgehead atoms. The third-order valence-corrected chi connectivity index (χ3v) is 2.30. The van der Waals surface area contributed by atoms with Crippen LogP contribution in [0, 0.1) is 0 Å². The molecule has 19 heavy (non-hydrogen) atoms. The lowest BCUT2D eigenvalue weighted by molar-refractivity contribution is -0.156. The number of carbonyl (C=O) groups excluding carboxylic acids is 1. The highest BCUT2D eigenvalue weighted by atomic mass is 16.6. The Bertz CT molecular complexity index is 455. The van der Waals surface area contributed by atoms with Gasteiger partial charge in [0, 0.05) is 0 Å². The third kappa shape index (κ3) is 3.75. The van der Waals surface area contributed by atoms with Gasteiger partial charge in [-0.2, -0.15) is 0 Å². The molecule has 0 aliphatic rings. The molecule has 0 aromatic heterocycles. The van der Waals surface area contributed by atoms with Gasteiger partial charge in [0.05, 0.1) is 7.11 Å². The van der Waals surface area contributed by atoms with Crippen LogP contribution in [0.15, 0.2) is 12.1 Å². The van der Waals surface area contributed by atoms with E-state index < -0.39 is 17.6 Å². The Hall–Kier alpha value is -1.95. The fourth-order valence-electron chi connectivity index (χ4n) is 1.51. The summed E-state index contributed by atoms with van der Waals surface area (Å²) >= 11 is 0. The molecular weight excluding hydrogens is 250 g/mol. The maximum atomic E-state index is 11.8. The zero-order chi connectivity index (χ0) is 14.8. The molecule has 0 unspecified atom stereocenters. The number of hydrogen-bond acceptors (Lipinski definition) is 6. The summed E-state index contributed by atoms with van der Waals surface area (Å²) in [5.41, 5.74) is 5.32. The molecule has 0 saturated carbocycles. The summed E-state index contributed by atoms with van der Waals surface area (Å²) in [7, 11) is 1.31. The van der Waals surface area contributed by atoms with Crippen LogP contribution in [0.2, 0.25) is 0 Å². The molecule has 6 nitrogen and oxygen atoms in total. The molecule has 1 aromatic carbocycles. The number of carbonyl (C=O) groups is 1. The minimum absolute atomic E-state index is 0.0693. The fourth-order valence-corrected chi connectivity index (χ4v) is 1.51. The molecule has 0 amide bonds. The molecule has 1 rings (SSSR count). The average Bonchev–Trinajstić information content (AvgIpc) is 2.25. The maximum Gasteiger partial charge on any atom is 0.328 e.